The molecule has 0 atom stereocenters. The smallest absolute Gasteiger partial charge is 0.305 e. The number of H-pyrrole nitrogens is 1. The molecule has 1 aromatic heterocycles. The molecule has 1 fully saturated rings. The van der Waals surface area contributed by atoms with Crippen LogP contribution in [0.3, 0.4) is 0 Å². The van der Waals surface area contributed by atoms with Crippen molar-refractivity contribution in [2.45, 2.75) is 57.5 Å². The first-order chi connectivity index (χ1) is 13.5. The van der Waals surface area contributed by atoms with Crippen molar-refractivity contribution in [3.63, 3.8) is 0 Å². The van der Waals surface area contributed by atoms with Crippen LogP contribution in [0.15, 0.2) is 23.0 Å². The van der Waals surface area contributed by atoms with E-state index in [1.54, 1.807) is 6.07 Å². The van der Waals surface area contributed by atoms with Gasteiger partial charge in [-0.15, -0.1) is 0 Å². The van der Waals surface area contributed by atoms with Gasteiger partial charge in [0.05, 0.1) is 16.2 Å². The van der Waals surface area contributed by atoms with E-state index in [2.05, 4.69) is 4.98 Å². The molecule has 1 aliphatic heterocycles. The SMILES string of the molecule is O=c1[nH]c(C2CCCCC2)nc2c1CN(Cc1ccc(F)c([N+](=O)[O-])c1)CC2. The minimum Gasteiger partial charge on any atom is -0.310 e. The number of nitro groups is 1. The van der Waals surface area contributed by atoms with Gasteiger partial charge in [0.1, 0.15) is 5.82 Å². The van der Waals surface area contributed by atoms with Gasteiger partial charge in [0.25, 0.3) is 5.56 Å². The number of nitro benzene ring substituents is 1. The fourth-order valence-electron chi connectivity index (χ4n) is 4.26. The Balaban J connectivity index is 1.51. The van der Waals surface area contributed by atoms with E-state index in [1.807, 2.05) is 4.90 Å². The topological polar surface area (TPSA) is 92.1 Å². The van der Waals surface area contributed by atoms with E-state index in [9.17, 15) is 19.3 Å². The average Bonchev–Trinajstić information content (AvgIpc) is 2.70. The molecule has 1 aliphatic carbocycles. The third kappa shape index (κ3) is 3.82. The number of nitrogens with zero attached hydrogens (tertiary/aromatic N) is 3. The van der Waals surface area contributed by atoms with Crippen LogP contribution in [0.1, 0.15) is 60.7 Å². The van der Waals surface area contributed by atoms with Gasteiger partial charge in [0.2, 0.25) is 5.82 Å². The fourth-order valence-corrected chi connectivity index (χ4v) is 4.26. The van der Waals surface area contributed by atoms with Gasteiger partial charge in [0.15, 0.2) is 0 Å². The summed E-state index contributed by atoms with van der Waals surface area (Å²) >= 11 is 0. The molecule has 148 valence electrons. The third-order valence-corrected chi connectivity index (χ3v) is 5.77. The van der Waals surface area contributed by atoms with E-state index in [0.29, 0.717) is 43.1 Å². The Labute approximate surface area is 161 Å². The molecule has 0 amide bonds. The highest BCUT2D eigenvalue weighted by molar-refractivity contribution is 5.36. The maximum absolute atomic E-state index is 13.5. The van der Waals surface area contributed by atoms with Crippen LogP contribution in [0.25, 0.3) is 0 Å². The van der Waals surface area contributed by atoms with Crippen LogP contribution in [0.2, 0.25) is 0 Å². The summed E-state index contributed by atoms with van der Waals surface area (Å²) in [5, 5.41) is 10.9. The van der Waals surface area contributed by atoms with Crippen molar-refractivity contribution in [1.29, 1.82) is 0 Å². The van der Waals surface area contributed by atoms with E-state index in [1.165, 1.54) is 25.3 Å². The number of aromatic nitrogens is 2. The van der Waals surface area contributed by atoms with Crippen molar-refractivity contribution in [1.82, 2.24) is 14.9 Å². The van der Waals surface area contributed by atoms with E-state index in [4.69, 9.17) is 4.98 Å². The van der Waals surface area contributed by atoms with Gasteiger partial charge in [-0.2, -0.15) is 4.39 Å². The second kappa shape index (κ2) is 7.79. The van der Waals surface area contributed by atoms with Gasteiger partial charge in [0, 0.05) is 38.0 Å². The van der Waals surface area contributed by atoms with Crippen LogP contribution in [0.4, 0.5) is 10.1 Å². The number of halogens is 1. The van der Waals surface area contributed by atoms with E-state index in [-0.39, 0.29) is 5.56 Å². The molecular formula is C20H23FN4O3. The van der Waals surface area contributed by atoms with Crippen LogP contribution in [-0.2, 0) is 19.5 Å². The van der Waals surface area contributed by atoms with Crippen molar-refractivity contribution < 1.29 is 9.31 Å². The van der Waals surface area contributed by atoms with Crippen molar-refractivity contribution >= 4 is 5.69 Å². The molecule has 1 N–H and O–H groups in total. The number of aromatic amines is 1. The molecule has 4 rings (SSSR count). The first kappa shape index (κ1) is 18.7. The van der Waals surface area contributed by atoms with Crippen LogP contribution in [-0.4, -0.2) is 26.3 Å². The monoisotopic (exact) mass is 386 g/mol. The maximum atomic E-state index is 13.5. The molecule has 0 saturated heterocycles. The Morgan fingerprint density at radius 2 is 2.07 bits per heavy atom. The number of hydrogen-bond donors (Lipinski definition) is 1. The van der Waals surface area contributed by atoms with Crippen molar-refractivity contribution in [2.75, 3.05) is 6.54 Å². The Bertz CT molecular complexity index is 953. The highest BCUT2D eigenvalue weighted by Gasteiger charge is 2.25. The normalized spacial score (nSPS) is 18.0. The number of rotatable bonds is 4. The first-order valence-electron chi connectivity index (χ1n) is 9.78. The Morgan fingerprint density at radius 3 is 2.82 bits per heavy atom. The maximum Gasteiger partial charge on any atom is 0.305 e. The summed E-state index contributed by atoms with van der Waals surface area (Å²) < 4.78 is 13.5. The minimum absolute atomic E-state index is 0.0830. The van der Waals surface area contributed by atoms with Gasteiger partial charge < -0.3 is 4.98 Å². The summed E-state index contributed by atoms with van der Waals surface area (Å²) in [6, 6.07) is 3.93. The zero-order valence-corrected chi connectivity index (χ0v) is 15.6. The zero-order chi connectivity index (χ0) is 19.7. The van der Waals surface area contributed by atoms with Gasteiger partial charge >= 0.3 is 5.69 Å². The Hall–Kier alpha value is -2.61. The molecule has 2 aromatic rings. The molecule has 1 saturated carbocycles. The highest BCUT2D eigenvalue weighted by atomic mass is 19.1. The molecule has 2 heterocycles. The zero-order valence-electron chi connectivity index (χ0n) is 15.6. The van der Waals surface area contributed by atoms with Crippen molar-refractivity contribution in [3.05, 3.63) is 67.1 Å². The molecule has 0 radical (unpaired) electrons. The van der Waals surface area contributed by atoms with E-state index < -0.39 is 16.4 Å². The Kier molecular flexibility index (Phi) is 5.21. The fraction of sp³-hybridized carbons (Fsp3) is 0.500. The largest absolute Gasteiger partial charge is 0.310 e. The van der Waals surface area contributed by atoms with Crippen LogP contribution < -0.4 is 5.56 Å². The number of nitrogens with one attached hydrogen (secondary N) is 1. The second-order valence-corrected chi connectivity index (χ2v) is 7.71. The minimum atomic E-state index is -0.839. The summed E-state index contributed by atoms with van der Waals surface area (Å²) in [5.41, 5.74) is 1.58. The molecule has 2 aliphatic rings. The van der Waals surface area contributed by atoms with Crippen LogP contribution >= 0.6 is 0 Å². The lowest BCUT2D eigenvalue weighted by Crippen LogP contribution is -2.36. The molecule has 8 heteroatoms. The molecule has 1 aromatic carbocycles. The number of hydrogen-bond acceptors (Lipinski definition) is 5. The average molecular weight is 386 g/mol. The number of benzene rings is 1. The molecule has 0 bridgehead atoms. The van der Waals surface area contributed by atoms with Crippen LogP contribution in [0, 0.1) is 15.9 Å². The third-order valence-electron chi connectivity index (χ3n) is 5.77. The van der Waals surface area contributed by atoms with Crippen LogP contribution in [0.5, 0.6) is 0 Å². The van der Waals surface area contributed by atoms with Crippen molar-refractivity contribution in [2.24, 2.45) is 0 Å². The first-order valence-corrected chi connectivity index (χ1v) is 9.78. The van der Waals surface area contributed by atoms with Gasteiger partial charge in [-0.3, -0.25) is 19.8 Å². The summed E-state index contributed by atoms with van der Waals surface area (Å²) in [6.07, 6.45) is 6.45. The lowest BCUT2D eigenvalue weighted by Gasteiger charge is -2.29. The molecule has 0 spiro atoms. The van der Waals surface area contributed by atoms with Gasteiger partial charge in [-0.1, -0.05) is 25.3 Å². The molecule has 7 nitrogen and oxygen atoms in total. The molecule has 28 heavy (non-hydrogen) atoms. The quantitative estimate of drug-likeness (QED) is 0.642. The summed E-state index contributed by atoms with van der Waals surface area (Å²) in [5.74, 6) is 0.337. The summed E-state index contributed by atoms with van der Waals surface area (Å²) in [7, 11) is 0. The van der Waals surface area contributed by atoms with Crippen molar-refractivity contribution in [3.8, 4) is 0 Å². The lowest BCUT2D eigenvalue weighted by atomic mass is 9.88. The molecule has 0 unspecified atom stereocenters. The Morgan fingerprint density at radius 1 is 1.29 bits per heavy atom. The summed E-state index contributed by atoms with van der Waals surface area (Å²) in [6.45, 7) is 1.57. The van der Waals surface area contributed by atoms with E-state index in [0.717, 1.165) is 30.4 Å². The lowest BCUT2D eigenvalue weighted by molar-refractivity contribution is -0.387. The number of fused-ring (bicyclic) bond motifs is 1. The predicted molar refractivity (Wildman–Crippen MR) is 102 cm³/mol. The van der Waals surface area contributed by atoms with Gasteiger partial charge in [-0.25, -0.2) is 4.98 Å². The summed E-state index contributed by atoms with van der Waals surface area (Å²) in [4.78, 5) is 32.7. The van der Waals surface area contributed by atoms with Gasteiger partial charge in [-0.05, 0) is 24.5 Å². The standard InChI is InChI=1S/C20H23FN4O3/c21-16-7-6-13(10-18(16)25(27)28)11-24-9-8-17-15(12-24)20(26)23-19(22-17)14-4-2-1-3-5-14/h6-7,10,14H,1-5,8-9,11-12H2,(H,22,23,26). The highest BCUT2D eigenvalue weighted by Crippen LogP contribution is 2.31. The van der Waals surface area contributed by atoms with E-state index >= 15 is 0 Å². The predicted octanol–water partition coefficient (Wildman–Crippen LogP) is 3.42. The second-order valence-electron chi connectivity index (χ2n) is 7.71. The molecular weight excluding hydrogens is 363 g/mol.